The van der Waals surface area contributed by atoms with E-state index in [2.05, 4.69) is 6.92 Å². The monoisotopic (exact) mass is 288 g/mol. The first-order chi connectivity index (χ1) is 10.1. The van der Waals surface area contributed by atoms with Gasteiger partial charge in [0.25, 0.3) is 0 Å². The van der Waals surface area contributed by atoms with Crippen LogP contribution in [0.25, 0.3) is 5.57 Å². The zero-order chi connectivity index (χ0) is 15.1. The van der Waals surface area contributed by atoms with Gasteiger partial charge in [0, 0.05) is 17.5 Å². The quantitative estimate of drug-likeness (QED) is 0.866. The molecule has 1 saturated carbocycles. The maximum atomic E-state index is 12.0. The second kappa shape index (κ2) is 5.10. The Balaban J connectivity index is 2.07. The van der Waals surface area contributed by atoms with Crippen LogP contribution in [-0.2, 0) is 4.74 Å². The summed E-state index contributed by atoms with van der Waals surface area (Å²) in [7, 11) is 2.88. The molecule has 2 unspecified atom stereocenters. The topological polar surface area (TPSA) is 55.8 Å². The normalized spacial score (nSPS) is 23.6. The van der Waals surface area contributed by atoms with Gasteiger partial charge in [0.2, 0.25) is 0 Å². The van der Waals surface area contributed by atoms with Crippen LogP contribution in [-0.4, -0.2) is 25.3 Å². The van der Waals surface area contributed by atoms with Crippen molar-refractivity contribution in [2.24, 2.45) is 11.8 Å². The molecular weight excluding hydrogens is 268 g/mol. The number of ether oxygens (including phenoxy) is 2. The van der Waals surface area contributed by atoms with Gasteiger partial charge < -0.3 is 14.6 Å². The van der Waals surface area contributed by atoms with Crippen molar-refractivity contribution in [1.82, 2.24) is 0 Å². The third-order valence-corrected chi connectivity index (χ3v) is 4.58. The second-order valence-electron chi connectivity index (χ2n) is 5.93. The number of aromatic hydroxyl groups is 1. The van der Waals surface area contributed by atoms with Crippen LogP contribution in [0.1, 0.15) is 42.1 Å². The lowest BCUT2D eigenvalue weighted by molar-refractivity contribution is 0.0597. The van der Waals surface area contributed by atoms with Crippen LogP contribution < -0.4 is 4.74 Å². The number of phenolic OH excluding ortho intramolecular Hbond substituents is 1. The molecule has 1 aromatic carbocycles. The van der Waals surface area contributed by atoms with E-state index in [1.54, 1.807) is 7.11 Å². The summed E-state index contributed by atoms with van der Waals surface area (Å²) in [6.45, 7) is 2.26. The van der Waals surface area contributed by atoms with Crippen molar-refractivity contribution in [3.8, 4) is 11.5 Å². The molecule has 2 aliphatic carbocycles. The lowest BCUT2D eigenvalue weighted by Gasteiger charge is -2.16. The van der Waals surface area contributed by atoms with E-state index in [0.717, 1.165) is 18.4 Å². The van der Waals surface area contributed by atoms with Gasteiger partial charge in [-0.1, -0.05) is 12.5 Å². The van der Waals surface area contributed by atoms with Crippen LogP contribution in [0.5, 0.6) is 11.5 Å². The van der Waals surface area contributed by atoms with Gasteiger partial charge in [-0.05, 0) is 36.8 Å². The zero-order valence-corrected chi connectivity index (χ0v) is 12.6. The fourth-order valence-corrected chi connectivity index (χ4v) is 3.42. The number of fused-ring (bicyclic) bond motifs is 1. The Bertz CT molecular complexity index is 630. The van der Waals surface area contributed by atoms with Gasteiger partial charge in [-0.2, -0.15) is 0 Å². The van der Waals surface area contributed by atoms with Gasteiger partial charge in [-0.25, -0.2) is 4.79 Å². The Hall–Kier alpha value is -1.97. The molecule has 2 atom stereocenters. The van der Waals surface area contributed by atoms with E-state index >= 15 is 0 Å². The fraction of sp³-hybridized carbons (Fsp3) is 0.471. The fourth-order valence-electron chi connectivity index (χ4n) is 3.42. The number of hydrogen-bond donors (Lipinski definition) is 1. The average Bonchev–Trinajstić information content (AvgIpc) is 3.18. The van der Waals surface area contributed by atoms with E-state index in [4.69, 9.17) is 9.47 Å². The number of carbonyl (C=O) groups is 1. The van der Waals surface area contributed by atoms with Gasteiger partial charge in [0.05, 0.1) is 14.2 Å². The van der Waals surface area contributed by atoms with Gasteiger partial charge in [-0.15, -0.1) is 0 Å². The summed E-state index contributed by atoms with van der Waals surface area (Å²) in [5, 5.41) is 10.2. The molecule has 2 aliphatic rings. The van der Waals surface area contributed by atoms with Crippen LogP contribution in [0, 0.1) is 11.8 Å². The third-order valence-electron chi connectivity index (χ3n) is 4.58. The van der Waals surface area contributed by atoms with E-state index in [1.165, 1.54) is 30.7 Å². The minimum Gasteiger partial charge on any atom is -0.507 e. The summed E-state index contributed by atoms with van der Waals surface area (Å²) in [5.74, 6) is 1.14. The van der Waals surface area contributed by atoms with Crippen molar-refractivity contribution in [2.75, 3.05) is 14.2 Å². The van der Waals surface area contributed by atoms with E-state index in [-0.39, 0.29) is 11.3 Å². The average molecular weight is 288 g/mol. The third kappa shape index (κ3) is 2.28. The summed E-state index contributed by atoms with van der Waals surface area (Å²) in [6, 6.07) is 3.28. The highest BCUT2D eigenvalue weighted by atomic mass is 16.5. The largest absolute Gasteiger partial charge is 0.507 e. The Morgan fingerprint density at radius 2 is 2.10 bits per heavy atom. The minimum atomic E-state index is -0.505. The number of phenols is 1. The summed E-state index contributed by atoms with van der Waals surface area (Å²) in [6.07, 6.45) is 3.40. The molecule has 0 aromatic heterocycles. The Kier molecular flexibility index (Phi) is 3.40. The molecule has 1 fully saturated rings. The molecule has 1 N–H and O–H groups in total. The Morgan fingerprint density at radius 1 is 1.33 bits per heavy atom. The predicted octanol–water partition coefficient (Wildman–Crippen LogP) is 3.39. The molecule has 3 rings (SSSR count). The van der Waals surface area contributed by atoms with Crippen molar-refractivity contribution in [3.63, 3.8) is 0 Å². The first-order valence-corrected chi connectivity index (χ1v) is 7.29. The van der Waals surface area contributed by atoms with Crippen molar-refractivity contribution >= 4 is 11.5 Å². The SMILES string of the molecule is COC(=O)c1c(O)cc(OC)cc1C1=C2CCC(C)CC21. The van der Waals surface area contributed by atoms with E-state index < -0.39 is 5.97 Å². The molecule has 4 nitrogen and oxygen atoms in total. The second-order valence-corrected chi connectivity index (χ2v) is 5.93. The smallest absolute Gasteiger partial charge is 0.342 e. The molecule has 112 valence electrons. The number of benzene rings is 1. The molecule has 0 radical (unpaired) electrons. The van der Waals surface area contributed by atoms with Crippen molar-refractivity contribution < 1.29 is 19.4 Å². The molecule has 0 bridgehead atoms. The van der Waals surface area contributed by atoms with Gasteiger partial charge >= 0.3 is 5.97 Å². The van der Waals surface area contributed by atoms with Crippen LogP contribution >= 0.6 is 0 Å². The molecule has 1 aromatic rings. The van der Waals surface area contributed by atoms with Crippen molar-refractivity contribution in [3.05, 3.63) is 28.8 Å². The van der Waals surface area contributed by atoms with Crippen LogP contribution in [0.4, 0.5) is 0 Å². The number of hydrogen-bond acceptors (Lipinski definition) is 4. The van der Waals surface area contributed by atoms with Crippen LogP contribution in [0.15, 0.2) is 17.7 Å². The number of esters is 1. The van der Waals surface area contributed by atoms with Gasteiger partial charge in [-0.3, -0.25) is 0 Å². The summed E-state index contributed by atoms with van der Waals surface area (Å²) in [4.78, 5) is 12.0. The Labute approximate surface area is 124 Å². The number of methoxy groups -OCH3 is 2. The highest BCUT2D eigenvalue weighted by Crippen LogP contribution is 2.57. The van der Waals surface area contributed by atoms with Crippen LogP contribution in [0.2, 0.25) is 0 Å². The Morgan fingerprint density at radius 3 is 2.71 bits per heavy atom. The zero-order valence-electron chi connectivity index (χ0n) is 12.6. The lowest BCUT2D eigenvalue weighted by atomic mass is 9.89. The number of carbonyl (C=O) groups excluding carboxylic acids is 1. The first-order valence-electron chi connectivity index (χ1n) is 7.29. The van der Waals surface area contributed by atoms with Gasteiger partial charge in [0.1, 0.15) is 17.1 Å². The summed E-state index contributed by atoms with van der Waals surface area (Å²) >= 11 is 0. The maximum absolute atomic E-state index is 12.0. The van der Waals surface area contributed by atoms with Crippen molar-refractivity contribution in [2.45, 2.75) is 26.2 Å². The molecule has 21 heavy (non-hydrogen) atoms. The summed E-state index contributed by atoms with van der Waals surface area (Å²) in [5.41, 5.74) is 3.65. The highest BCUT2D eigenvalue weighted by molar-refractivity contribution is 6.02. The predicted molar refractivity (Wildman–Crippen MR) is 79.4 cm³/mol. The van der Waals surface area contributed by atoms with Gasteiger partial charge in [0.15, 0.2) is 0 Å². The van der Waals surface area contributed by atoms with E-state index in [1.807, 2.05) is 6.07 Å². The molecule has 0 spiro atoms. The standard InChI is InChI=1S/C17H20O4/c1-9-4-5-11-12(6-9)15(11)13-7-10(20-2)8-14(18)16(13)17(19)21-3/h7-9,12,18H,4-6H2,1-3H3. The summed E-state index contributed by atoms with van der Waals surface area (Å²) < 4.78 is 10.0. The minimum absolute atomic E-state index is 0.0824. The maximum Gasteiger partial charge on any atom is 0.342 e. The van der Waals surface area contributed by atoms with Crippen molar-refractivity contribution in [1.29, 1.82) is 0 Å². The molecule has 0 amide bonds. The molecule has 0 heterocycles. The number of allylic oxidation sites excluding steroid dienone is 2. The number of rotatable bonds is 3. The molecular formula is C17H20O4. The molecule has 0 saturated heterocycles. The first kappa shape index (κ1) is 14.0. The van der Waals surface area contributed by atoms with E-state index in [9.17, 15) is 9.90 Å². The van der Waals surface area contributed by atoms with E-state index in [0.29, 0.717) is 17.6 Å². The van der Waals surface area contributed by atoms with Crippen LogP contribution in [0.3, 0.4) is 0 Å². The molecule has 4 heteroatoms. The molecule has 0 aliphatic heterocycles. The lowest BCUT2D eigenvalue weighted by Crippen LogP contribution is -2.07. The highest BCUT2D eigenvalue weighted by Gasteiger charge is 2.42.